The molecule has 0 bridgehead atoms. The number of benzene rings is 6. The van der Waals surface area contributed by atoms with E-state index in [2.05, 4.69) is 168 Å². The molecule has 0 N–H and O–H groups in total. The van der Waals surface area contributed by atoms with Gasteiger partial charge in [0.1, 0.15) is 0 Å². The second-order valence-corrected chi connectivity index (χ2v) is 12.1. The molecule has 2 saturated heterocycles. The van der Waals surface area contributed by atoms with Gasteiger partial charge < -0.3 is 19.3 Å². The highest BCUT2D eigenvalue weighted by molar-refractivity contribution is 5.80. The molecule has 4 nitrogen and oxygen atoms in total. The van der Waals surface area contributed by atoms with Crippen molar-refractivity contribution in [2.45, 2.75) is 25.0 Å². The fourth-order valence-electron chi connectivity index (χ4n) is 6.11. The van der Waals surface area contributed by atoms with E-state index >= 15 is 0 Å². The van der Waals surface area contributed by atoms with Crippen molar-refractivity contribution >= 4 is 34.1 Å². The standard InChI is InChI=1S/C42H36N2O2/c1-3-7-35(8-4-1)43(37-19-11-31(12-20-37)27-41-29-45-41)39-23-15-33(16-24-39)34-17-25-40(26-18-34)44(36-9-5-2-6-10-36)38-21-13-32(14-22-38)28-42-30-46-42/h1-26,41-42H,27-30H2. The largest absolute Gasteiger partial charge is 0.373 e. The van der Waals surface area contributed by atoms with Gasteiger partial charge in [0.2, 0.25) is 0 Å². The van der Waals surface area contributed by atoms with Crippen molar-refractivity contribution in [1.82, 2.24) is 0 Å². The van der Waals surface area contributed by atoms with E-state index in [-0.39, 0.29) is 0 Å². The van der Waals surface area contributed by atoms with E-state index in [1.807, 2.05) is 0 Å². The second kappa shape index (κ2) is 12.7. The van der Waals surface area contributed by atoms with Crippen molar-refractivity contribution < 1.29 is 9.47 Å². The minimum Gasteiger partial charge on any atom is -0.373 e. The average Bonchev–Trinajstić information content (AvgIpc) is 4.07. The van der Waals surface area contributed by atoms with Gasteiger partial charge in [-0.25, -0.2) is 0 Å². The van der Waals surface area contributed by atoms with Crippen LogP contribution in [0.25, 0.3) is 11.1 Å². The Labute approximate surface area is 271 Å². The average molecular weight is 601 g/mol. The van der Waals surface area contributed by atoms with Crippen LogP contribution in [0.4, 0.5) is 34.1 Å². The predicted octanol–water partition coefficient (Wildman–Crippen LogP) is 10.2. The minimum absolute atomic E-state index is 0.387. The van der Waals surface area contributed by atoms with Gasteiger partial charge in [-0.15, -0.1) is 0 Å². The number of epoxide rings is 2. The molecule has 4 heteroatoms. The van der Waals surface area contributed by atoms with E-state index in [1.54, 1.807) is 0 Å². The highest BCUT2D eigenvalue weighted by Crippen LogP contribution is 2.38. The molecule has 8 rings (SSSR count). The van der Waals surface area contributed by atoms with Crippen molar-refractivity contribution in [3.8, 4) is 11.1 Å². The molecule has 46 heavy (non-hydrogen) atoms. The number of para-hydroxylation sites is 2. The quantitative estimate of drug-likeness (QED) is 0.139. The zero-order valence-electron chi connectivity index (χ0n) is 25.7. The maximum atomic E-state index is 5.43. The first kappa shape index (κ1) is 28.3. The summed E-state index contributed by atoms with van der Waals surface area (Å²) in [6.07, 6.45) is 2.73. The summed E-state index contributed by atoms with van der Waals surface area (Å²) >= 11 is 0. The normalized spacial score (nSPS) is 16.5. The molecule has 2 unspecified atom stereocenters. The van der Waals surface area contributed by atoms with E-state index in [9.17, 15) is 0 Å². The number of nitrogens with zero attached hydrogens (tertiary/aromatic N) is 2. The summed E-state index contributed by atoms with van der Waals surface area (Å²) < 4.78 is 10.9. The SMILES string of the molecule is c1ccc(N(c2ccc(CC3CO3)cc2)c2ccc(-c3ccc(N(c4ccccc4)c4ccc(CC5CO5)cc4)cc3)cc2)cc1. The maximum Gasteiger partial charge on any atom is 0.0850 e. The molecule has 2 atom stereocenters. The molecule has 0 radical (unpaired) electrons. The Balaban J connectivity index is 1.06. The Morgan fingerprint density at radius 3 is 0.957 bits per heavy atom. The Morgan fingerprint density at radius 1 is 0.370 bits per heavy atom. The summed E-state index contributed by atoms with van der Waals surface area (Å²) in [6.45, 7) is 1.76. The van der Waals surface area contributed by atoms with Gasteiger partial charge in [0, 0.05) is 47.0 Å². The van der Waals surface area contributed by atoms with Gasteiger partial charge >= 0.3 is 0 Å². The molecule has 0 aromatic heterocycles. The fraction of sp³-hybridized carbons (Fsp3) is 0.143. The first-order valence-electron chi connectivity index (χ1n) is 16.1. The highest BCUT2D eigenvalue weighted by atomic mass is 16.6. The molecular formula is C42H36N2O2. The molecule has 2 heterocycles. The number of ether oxygens (including phenoxy) is 2. The lowest BCUT2D eigenvalue weighted by molar-refractivity contribution is 0.407. The van der Waals surface area contributed by atoms with Crippen LogP contribution in [-0.4, -0.2) is 25.4 Å². The summed E-state index contributed by atoms with van der Waals surface area (Å²) in [5.74, 6) is 0. The summed E-state index contributed by atoms with van der Waals surface area (Å²) in [6, 6.07) is 56.6. The topological polar surface area (TPSA) is 31.5 Å². The lowest BCUT2D eigenvalue weighted by Gasteiger charge is -2.26. The van der Waals surface area contributed by atoms with Crippen molar-refractivity contribution in [2.75, 3.05) is 23.0 Å². The molecule has 0 spiro atoms. The summed E-state index contributed by atoms with van der Waals surface area (Å²) in [5.41, 5.74) is 11.8. The van der Waals surface area contributed by atoms with Crippen LogP contribution in [0.15, 0.2) is 158 Å². The molecule has 2 aliphatic rings. The Hall–Kier alpha value is -5.16. The number of hydrogen-bond acceptors (Lipinski definition) is 4. The first-order chi connectivity index (χ1) is 22.8. The first-order valence-corrected chi connectivity index (χ1v) is 16.1. The van der Waals surface area contributed by atoms with E-state index in [1.165, 1.54) is 22.3 Å². The predicted molar refractivity (Wildman–Crippen MR) is 188 cm³/mol. The third-order valence-electron chi connectivity index (χ3n) is 8.73. The molecule has 6 aromatic rings. The molecule has 0 saturated carbocycles. The lowest BCUT2D eigenvalue weighted by atomic mass is 10.0. The van der Waals surface area contributed by atoms with E-state index in [0.717, 1.165) is 60.2 Å². The summed E-state index contributed by atoms with van der Waals surface area (Å²) in [7, 11) is 0. The van der Waals surface area contributed by atoms with Crippen molar-refractivity contribution in [3.63, 3.8) is 0 Å². The number of hydrogen-bond donors (Lipinski definition) is 0. The fourth-order valence-corrected chi connectivity index (χ4v) is 6.11. The summed E-state index contributed by atoms with van der Waals surface area (Å²) in [4.78, 5) is 4.62. The lowest BCUT2D eigenvalue weighted by Crippen LogP contribution is -2.10. The van der Waals surface area contributed by atoms with Crippen molar-refractivity contribution in [1.29, 1.82) is 0 Å². The van der Waals surface area contributed by atoms with Crippen molar-refractivity contribution in [2.24, 2.45) is 0 Å². The molecule has 0 aliphatic carbocycles. The van der Waals surface area contributed by atoms with Gasteiger partial charge in [-0.3, -0.25) is 0 Å². The van der Waals surface area contributed by atoms with E-state index < -0.39 is 0 Å². The van der Waals surface area contributed by atoms with Gasteiger partial charge in [-0.05, 0) is 95.1 Å². The third kappa shape index (κ3) is 6.45. The van der Waals surface area contributed by atoms with Crippen LogP contribution in [-0.2, 0) is 22.3 Å². The van der Waals surface area contributed by atoms with Crippen LogP contribution in [0.2, 0.25) is 0 Å². The third-order valence-corrected chi connectivity index (χ3v) is 8.73. The Morgan fingerprint density at radius 2 is 0.652 bits per heavy atom. The molecule has 2 fully saturated rings. The smallest absolute Gasteiger partial charge is 0.0850 e. The zero-order chi connectivity index (χ0) is 30.7. The van der Waals surface area contributed by atoms with Gasteiger partial charge in [-0.1, -0.05) is 84.9 Å². The van der Waals surface area contributed by atoms with Gasteiger partial charge in [0.05, 0.1) is 25.4 Å². The van der Waals surface area contributed by atoms with Gasteiger partial charge in [0.25, 0.3) is 0 Å². The van der Waals surface area contributed by atoms with E-state index in [0.29, 0.717) is 12.2 Å². The number of rotatable bonds is 11. The van der Waals surface area contributed by atoms with Gasteiger partial charge in [0.15, 0.2) is 0 Å². The highest BCUT2D eigenvalue weighted by Gasteiger charge is 2.23. The molecule has 226 valence electrons. The number of anilines is 6. The van der Waals surface area contributed by atoms with Crippen LogP contribution in [0.5, 0.6) is 0 Å². The van der Waals surface area contributed by atoms with Crippen LogP contribution in [0, 0.1) is 0 Å². The van der Waals surface area contributed by atoms with Crippen molar-refractivity contribution in [3.05, 3.63) is 169 Å². The van der Waals surface area contributed by atoms with Crippen LogP contribution < -0.4 is 9.80 Å². The molecule has 0 amide bonds. The molecule has 6 aromatic carbocycles. The van der Waals surface area contributed by atoms with Gasteiger partial charge in [-0.2, -0.15) is 0 Å². The Kier molecular flexibility index (Phi) is 7.81. The Bertz CT molecular complexity index is 1720. The zero-order valence-corrected chi connectivity index (χ0v) is 25.7. The maximum absolute atomic E-state index is 5.43. The van der Waals surface area contributed by atoms with Crippen LogP contribution >= 0.6 is 0 Å². The molecule has 2 aliphatic heterocycles. The second-order valence-electron chi connectivity index (χ2n) is 12.1. The minimum atomic E-state index is 0.387. The van der Waals surface area contributed by atoms with Crippen LogP contribution in [0.3, 0.4) is 0 Å². The monoisotopic (exact) mass is 600 g/mol. The molecular weight excluding hydrogens is 564 g/mol. The summed E-state index contributed by atoms with van der Waals surface area (Å²) in [5, 5.41) is 0. The van der Waals surface area contributed by atoms with E-state index in [4.69, 9.17) is 9.47 Å². The van der Waals surface area contributed by atoms with Crippen LogP contribution in [0.1, 0.15) is 11.1 Å².